The summed E-state index contributed by atoms with van der Waals surface area (Å²) in [6.07, 6.45) is 6.63. The number of nitrogens with zero attached hydrogens (tertiary/aromatic N) is 7. The number of fused-ring (bicyclic) bond motifs is 1. The molecule has 9 nitrogen and oxygen atoms in total. The quantitative estimate of drug-likeness (QED) is 0.609. The fraction of sp³-hybridized carbons (Fsp3) is 0.0667. The lowest BCUT2D eigenvalue weighted by Crippen LogP contribution is -2.14. The SMILES string of the molecule is Cc1ccnc2nc(C(=O)Nc3ccc(-n4cccn4)nc3)nn12. The maximum atomic E-state index is 12.3. The molecule has 0 radical (unpaired) electrons. The van der Waals surface area contributed by atoms with E-state index in [2.05, 4.69) is 30.5 Å². The van der Waals surface area contributed by atoms with Crippen LogP contribution in [0, 0.1) is 6.92 Å². The van der Waals surface area contributed by atoms with Crippen LogP contribution in [-0.4, -0.2) is 40.3 Å². The van der Waals surface area contributed by atoms with Crippen LogP contribution in [0.1, 0.15) is 16.3 Å². The summed E-state index contributed by atoms with van der Waals surface area (Å²) < 4.78 is 3.15. The van der Waals surface area contributed by atoms with Crippen LogP contribution in [0.5, 0.6) is 0 Å². The third-order valence-corrected chi connectivity index (χ3v) is 3.38. The average molecular weight is 320 g/mol. The van der Waals surface area contributed by atoms with Crippen molar-refractivity contribution in [3.05, 3.63) is 60.6 Å². The van der Waals surface area contributed by atoms with E-state index >= 15 is 0 Å². The molecule has 4 rings (SSSR count). The van der Waals surface area contributed by atoms with Gasteiger partial charge >= 0.3 is 0 Å². The fourth-order valence-electron chi connectivity index (χ4n) is 2.19. The molecule has 0 bridgehead atoms. The molecule has 0 saturated carbocycles. The molecular formula is C15H12N8O. The van der Waals surface area contributed by atoms with E-state index in [1.54, 1.807) is 47.7 Å². The molecule has 9 heteroatoms. The van der Waals surface area contributed by atoms with Crippen LogP contribution in [0.3, 0.4) is 0 Å². The fourth-order valence-corrected chi connectivity index (χ4v) is 2.19. The Labute approximate surface area is 136 Å². The van der Waals surface area contributed by atoms with E-state index < -0.39 is 5.91 Å². The first-order chi connectivity index (χ1) is 11.7. The highest BCUT2D eigenvalue weighted by molar-refractivity contribution is 6.01. The molecular weight excluding hydrogens is 308 g/mol. The van der Waals surface area contributed by atoms with Crippen molar-refractivity contribution in [2.24, 2.45) is 0 Å². The number of rotatable bonds is 3. The van der Waals surface area contributed by atoms with Crippen LogP contribution in [0.25, 0.3) is 11.6 Å². The van der Waals surface area contributed by atoms with Crippen LogP contribution in [0.15, 0.2) is 49.1 Å². The van der Waals surface area contributed by atoms with Gasteiger partial charge in [-0.15, -0.1) is 5.10 Å². The molecule has 0 aromatic carbocycles. The first kappa shape index (κ1) is 14.0. The van der Waals surface area contributed by atoms with Gasteiger partial charge in [0.05, 0.1) is 11.9 Å². The molecule has 0 atom stereocenters. The van der Waals surface area contributed by atoms with Crippen molar-refractivity contribution < 1.29 is 4.79 Å². The smallest absolute Gasteiger partial charge is 0.295 e. The number of carbonyl (C=O) groups excluding carboxylic acids is 1. The zero-order valence-electron chi connectivity index (χ0n) is 12.7. The minimum Gasteiger partial charge on any atom is -0.318 e. The molecule has 0 aliphatic carbocycles. The van der Waals surface area contributed by atoms with Gasteiger partial charge in [-0.25, -0.2) is 19.2 Å². The van der Waals surface area contributed by atoms with Crippen molar-refractivity contribution in [2.45, 2.75) is 6.92 Å². The van der Waals surface area contributed by atoms with E-state index in [9.17, 15) is 4.79 Å². The van der Waals surface area contributed by atoms with Crippen molar-refractivity contribution in [1.29, 1.82) is 0 Å². The van der Waals surface area contributed by atoms with E-state index in [1.807, 2.05) is 13.0 Å². The molecule has 0 fully saturated rings. The normalized spacial score (nSPS) is 10.9. The van der Waals surface area contributed by atoms with Crippen LogP contribution < -0.4 is 5.32 Å². The molecule has 4 aromatic rings. The lowest BCUT2D eigenvalue weighted by Gasteiger charge is -2.04. The first-order valence-electron chi connectivity index (χ1n) is 7.16. The van der Waals surface area contributed by atoms with Crippen molar-refractivity contribution in [3.8, 4) is 5.82 Å². The number of amides is 1. The lowest BCUT2D eigenvalue weighted by atomic mass is 10.4. The van der Waals surface area contributed by atoms with E-state index in [1.165, 1.54) is 4.52 Å². The summed E-state index contributed by atoms with van der Waals surface area (Å²) in [5.41, 5.74) is 1.39. The van der Waals surface area contributed by atoms with Crippen molar-refractivity contribution >= 4 is 17.4 Å². The molecule has 0 unspecified atom stereocenters. The number of hydrogen-bond donors (Lipinski definition) is 1. The van der Waals surface area contributed by atoms with E-state index in [-0.39, 0.29) is 5.82 Å². The second-order valence-corrected chi connectivity index (χ2v) is 5.04. The highest BCUT2D eigenvalue weighted by Gasteiger charge is 2.14. The summed E-state index contributed by atoms with van der Waals surface area (Å²) in [4.78, 5) is 24.7. The zero-order valence-corrected chi connectivity index (χ0v) is 12.7. The Morgan fingerprint density at radius 3 is 2.79 bits per heavy atom. The summed E-state index contributed by atoms with van der Waals surface area (Å²) in [6, 6.07) is 7.09. The first-order valence-corrected chi connectivity index (χ1v) is 7.16. The van der Waals surface area contributed by atoms with Gasteiger partial charge in [-0.05, 0) is 31.2 Å². The van der Waals surface area contributed by atoms with Gasteiger partial charge in [0.2, 0.25) is 5.82 Å². The van der Waals surface area contributed by atoms with Crippen LogP contribution in [-0.2, 0) is 0 Å². The van der Waals surface area contributed by atoms with E-state index in [0.29, 0.717) is 17.3 Å². The van der Waals surface area contributed by atoms with Crippen LogP contribution in [0.4, 0.5) is 5.69 Å². The summed E-state index contributed by atoms with van der Waals surface area (Å²) in [7, 11) is 0. The summed E-state index contributed by atoms with van der Waals surface area (Å²) >= 11 is 0. The number of pyridine rings is 1. The number of nitrogens with one attached hydrogen (secondary N) is 1. The minimum absolute atomic E-state index is 0.0490. The van der Waals surface area contributed by atoms with E-state index in [0.717, 1.165) is 5.69 Å². The van der Waals surface area contributed by atoms with Crippen molar-refractivity contribution in [2.75, 3.05) is 5.32 Å². The average Bonchev–Trinajstić information content (AvgIpc) is 3.26. The Morgan fingerprint density at radius 1 is 1.17 bits per heavy atom. The van der Waals surface area contributed by atoms with Gasteiger partial charge < -0.3 is 5.32 Å². The van der Waals surface area contributed by atoms with Gasteiger partial charge in [0.25, 0.3) is 11.7 Å². The van der Waals surface area contributed by atoms with Gasteiger partial charge in [-0.1, -0.05) is 0 Å². The molecule has 24 heavy (non-hydrogen) atoms. The Bertz CT molecular complexity index is 1000. The Morgan fingerprint density at radius 2 is 2.08 bits per heavy atom. The van der Waals surface area contributed by atoms with Crippen molar-refractivity contribution in [3.63, 3.8) is 0 Å². The summed E-state index contributed by atoms with van der Waals surface area (Å²) in [6.45, 7) is 1.86. The summed E-state index contributed by atoms with van der Waals surface area (Å²) in [5.74, 6) is 0.664. The Hall–Kier alpha value is -3.62. The molecule has 0 aliphatic heterocycles. The lowest BCUT2D eigenvalue weighted by molar-refractivity contribution is 0.101. The molecule has 0 spiro atoms. The predicted molar refractivity (Wildman–Crippen MR) is 84.8 cm³/mol. The number of aromatic nitrogens is 7. The Kier molecular flexibility index (Phi) is 3.23. The van der Waals surface area contributed by atoms with Gasteiger partial charge in [0.15, 0.2) is 5.82 Å². The standard InChI is InChI=1S/C15H12N8O/c1-10-5-7-16-15-20-13(21-23(10)15)14(24)19-11-3-4-12(17-9-11)22-8-2-6-18-22/h2-9H,1H3,(H,19,24). The topological polar surface area (TPSA) is 103 Å². The van der Waals surface area contributed by atoms with Gasteiger partial charge in [-0.3, -0.25) is 4.79 Å². The number of hydrogen-bond acceptors (Lipinski definition) is 6. The molecule has 4 aromatic heterocycles. The van der Waals surface area contributed by atoms with Gasteiger partial charge in [-0.2, -0.15) is 10.1 Å². The largest absolute Gasteiger partial charge is 0.318 e. The molecule has 1 N–H and O–H groups in total. The molecule has 0 aliphatic rings. The number of carbonyl (C=O) groups is 1. The Balaban J connectivity index is 1.55. The molecule has 118 valence electrons. The highest BCUT2D eigenvalue weighted by Crippen LogP contribution is 2.10. The van der Waals surface area contributed by atoms with Crippen molar-refractivity contribution in [1.82, 2.24) is 34.3 Å². The third-order valence-electron chi connectivity index (χ3n) is 3.38. The van der Waals surface area contributed by atoms with Gasteiger partial charge in [0, 0.05) is 24.3 Å². The number of anilines is 1. The maximum Gasteiger partial charge on any atom is 0.295 e. The zero-order chi connectivity index (χ0) is 16.5. The maximum absolute atomic E-state index is 12.3. The summed E-state index contributed by atoms with van der Waals surface area (Å²) in [5, 5.41) is 11.0. The second kappa shape index (κ2) is 5.54. The van der Waals surface area contributed by atoms with Crippen LogP contribution >= 0.6 is 0 Å². The monoisotopic (exact) mass is 320 g/mol. The minimum atomic E-state index is -0.423. The number of aryl methyl sites for hydroxylation is 1. The molecule has 1 amide bonds. The van der Waals surface area contributed by atoms with E-state index in [4.69, 9.17) is 0 Å². The second-order valence-electron chi connectivity index (χ2n) is 5.04. The highest BCUT2D eigenvalue weighted by atomic mass is 16.2. The molecule has 4 heterocycles. The van der Waals surface area contributed by atoms with Gasteiger partial charge in [0.1, 0.15) is 0 Å². The predicted octanol–water partition coefficient (Wildman–Crippen LogP) is 1.27. The molecule has 0 saturated heterocycles. The van der Waals surface area contributed by atoms with Crippen LogP contribution in [0.2, 0.25) is 0 Å². The third kappa shape index (κ3) is 2.47.